The molecule has 0 amide bonds. The summed E-state index contributed by atoms with van der Waals surface area (Å²) in [6, 6.07) is 4.31. The number of hydrogen-bond donors (Lipinski definition) is 2. The Kier molecular flexibility index (Phi) is 5.63. The molecule has 0 heterocycles. The summed E-state index contributed by atoms with van der Waals surface area (Å²) < 4.78 is 17.9. The van der Waals surface area contributed by atoms with Crippen LogP contribution in [0.4, 0.5) is 4.39 Å². The van der Waals surface area contributed by atoms with Gasteiger partial charge in [0.2, 0.25) is 0 Å². The summed E-state index contributed by atoms with van der Waals surface area (Å²) in [5, 5.41) is 8.69. The first kappa shape index (κ1) is 14.2. The van der Waals surface area contributed by atoms with Crippen molar-refractivity contribution < 1.29 is 19.0 Å². The average Bonchev–Trinajstić information content (AvgIpc) is 2.28. The lowest BCUT2D eigenvalue weighted by Gasteiger charge is -2.10. The predicted molar refractivity (Wildman–Crippen MR) is 69.9 cm³/mol. The number of carboxylic acid groups (broad SMARTS) is 1. The van der Waals surface area contributed by atoms with Crippen molar-refractivity contribution in [2.75, 3.05) is 13.3 Å². The third-order valence-electron chi connectivity index (χ3n) is 2.10. The van der Waals surface area contributed by atoms with Crippen LogP contribution >= 0.6 is 22.6 Å². The number of nitrogens with two attached hydrogens (primary N) is 1. The van der Waals surface area contributed by atoms with Crippen molar-refractivity contribution in [1.29, 1.82) is 0 Å². The van der Waals surface area contributed by atoms with E-state index in [0.29, 0.717) is 5.75 Å². The van der Waals surface area contributed by atoms with Crippen LogP contribution in [-0.2, 0) is 11.2 Å². The predicted octanol–water partition coefficient (Wildman–Crippen LogP) is 1.59. The zero-order valence-corrected chi connectivity index (χ0v) is 11.2. The van der Waals surface area contributed by atoms with E-state index in [1.807, 2.05) is 0 Å². The van der Waals surface area contributed by atoms with E-state index < -0.39 is 18.7 Å². The van der Waals surface area contributed by atoms with Gasteiger partial charge in [0.15, 0.2) is 0 Å². The zero-order chi connectivity index (χ0) is 12.8. The Morgan fingerprint density at radius 2 is 2.29 bits per heavy atom. The first-order valence-corrected chi connectivity index (χ1v) is 6.08. The summed E-state index contributed by atoms with van der Waals surface area (Å²) in [7, 11) is 0. The van der Waals surface area contributed by atoms with Crippen LogP contribution < -0.4 is 10.5 Å². The lowest BCUT2D eigenvalue weighted by atomic mass is 10.1. The molecule has 0 saturated carbocycles. The molecular formula is C11H13FINO3. The molecule has 0 aliphatic heterocycles. The van der Waals surface area contributed by atoms with E-state index in [1.165, 1.54) is 0 Å². The number of ether oxygens (including phenoxy) is 1. The van der Waals surface area contributed by atoms with Gasteiger partial charge in [-0.3, -0.25) is 4.79 Å². The molecule has 1 aromatic carbocycles. The molecule has 1 rings (SSSR count). The molecule has 0 aliphatic carbocycles. The lowest BCUT2D eigenvalue weighted by molar-refractivity contribution is -0.138. The molecule has 0 fully saturated rings. The number of aliphatic carboxylic acids is 1. The Morgan fingerprint density at radius 3 is 2.82 bits per heavy atom. The van der Waals surface area contributed by atoms with E-state index in [9.17, 15) is 9.18 Å². The number of alkyl halides is 1. The van der Waals surface area contributed by atoms with Gasteiger partial charge in [-0.1, -0.05) is 6.07 Å². The first-order chi connectivity index (χ1) is 8.04. The minimum Gasteiger partial charge on any atom is -0.490 e. The highest BCUT2D eigenvalue weighted by Gasteiger charge is 2.13. The fraction of sp³-hybridized carbons (Fsp3) is 0.364. The second-order valence-electron chi connectivity index (χ2n) is 3.45. The molecule has 1 atom stereocenters. The standard InChI is InChI=1S/C11H13FINO3/c12-3-4-17-10-2-1-7(5-8(10)13)6-9(14)11(15)16/h1-2,5,9H,3-4,6,14H2,(H,15,16). The molecule has 1 aromatic rings. The molecule has 0 spiro atoms. The van der Waals surface area contributed by atoms with Crippen LogP contribution in [0.5, 0.6) is 5.75 Å². The van der Waals surface area contributed by atoms with Crippen molar-refractivity contribution in [3.8, 4) is 5.75 Å². The van der Waals surface area contributed by atoms with Gasteiger partial charge in [0, 0.05) is 0 Å². The molecule has 4 nitrogen and oxygen atoms in total. The van der Waals surface area contributed by atoms with Gasteiger partial charge in [0.25, 0.3) is 0 Å². The van der Waals surface area contributed by atoms with E-state index >= 15 is 0 Å². The summed E-state index contributed by atoms with van der Waals surface area (Å²) >= 11 is 2.05. The number of hydrogen-bond acceptors (Lipinski definition) is 3. The maximum Gasteiger partial charge on any atom is 0.320 e. The van der Waals surface area contributed by atoms with Gasteiger partial charge in [-0.05, 0) is 46.7 Å². The maximum atomic E-state index is 11.9. The third-order valence-corrected chi connectivity index (χ3v) is 2.95. The number of halogens is 2. The summed E-state index contributed by atoms with van der Waals surface area (Å²) in [5.41, 5.74) is 6.25. The molecule has 17 heavy (non-hydrogen) atoms. The van der Waals surface area contributed by atoms with E-state index in [4.69, 9.17) is 15.6 Å². The van der Waals surface area contributed by atoms with Crippen molar-refractivity contribution >= 4 is 28.6 Å². The zero-order valence-electron chi connectivity index (χ0n) is 9.03. The number of rotatable bonds is 6. The molecule has 0 aliphatic rings. The third kappa shape index (κ3) is 4.47. The summed E-state index contributed by atoms with van der Waals surface area (Å²) in [6.07, 6.45) is 0.259. The van der Waals surface area contributed by atoms with Crippen molar-refractivity contribution in [3.63, 3.8) is 0 Å². The van der Waals surface area contributed by atoms with Crippen molar-refractivity contribution in [3.05, 3.63) is 27.3 Å². The minimum atomic E-state index is -1.03. The molecule has 0 radical (unpaired) electrons. The fourth-order valence-electron chi connectivity index (χ4n) is 1.28. The van der Waals surface area contributed by atoms with Gasteiger partial charge in [0.1, 0.15) is 25.1 Å². The minimum absolute atomic E-state index is 0.0178. The van der Waals surface area contributed by atoms with Gasteiger partial charge in [-0.25, -0.2) is 4.39 Å². The average molecular weight is 353 g/mol. The van der Waals surface area contributed by atoms with Crippen LogP contribution in [0, 0.1) is 3.57 Å². The molecule has 0 bridgehead atoms. The molecule has 0 aromatic heterocycles. The van der Waals surface area contributed by atoms with E-state index in [-0.39, 0.29) is 13.0 Å². The Morgan fingerprint density at radius 1 is 1.59 bits per heavy atom. The second-order valence-corrected chi connectivity index (χ2v) is 4.61. The van der Waals surface area contributed by atoms with Crippen LogP contribution in [-0.4, -0.2) is 30.4 Å². The summed E-state index contributed by atoms with van der Waals surface area (Å²) in [6.45, 7) is -0.522. The molecule has 0 saturated heterocycles. The summed E-state index contributed by atoms with van der Waals surface area (Å²) in [5.74, 6) is -0.436. The van der Waals surface area contributed by atoms with Gasteiger partial charge in [0.05, 0.1) is 3.57 Å². The largest absolute Gasteiger partial charge is 0.490 e. The Balaban J connectivity index is 2.71. The fourth-order valence-corrected chi connectivity index (χ4v) is 2.01. The van der Waals surface area contributed by atoms with Gasteiger partial charge >= 0.3 is 5.97 Å². The highest BCUT2D eigenvalue weighted by atomic mass is 127. The summed E-state index contributed by atoms with van der Waals surface area (Å²) in [4.78, 5) is 10.6. The van der Waals surface area contributed by atoms with Crippen LogP contribution in [0.2, 0.25) is 0 Å². The van der Waals surface area contributed by atoms with Crippen molar-refractivity contribution in [1.82, 2.24) is 0 Å². The number of benzene rings is 1. The van der Waals surface area contributed by atoms with E-state index in [2.05, 4.69) is 22.6 Å². The Labute approximate surface area is 112 Å². The molecule has 94 valence electrons. The van der Waals surface area contributed by atoms with Gasteiger partial charge in [-0.15, -0.1) is 0 Å². The molecule has 6 heteroatoms. The first-order valence-electron chi connectivity index (χ1n) is 5.00. The van der Waals surface area contributed by atoms with E-state index in [0.717, 1.165) is 9.13 Å². The van der Waals surface area contributed by atoms with Crippen LogP contribution in [0.15, 0.2) is 18.2 Å². The lowest BCUT2D eigenvalue weighted by Crippen LogP contribution is -2.32. The molecule has 3 N–H and O–H groups in total. The monoisotopic (exact) mass is 353 g/mol. The van der Waals surface area contributed by atoms with Crippen molar-refractivity contribution in [2.45, 2.75) is 12.5 Å². The normalized spacial score (nSPS) is 12.2. The number of carboxylic acids is 1. The highest BCUT2D eigenvalue weighted by Crippen LogP contribution is 2.22. The van der Waals surface area contributed by atoms with Crippen LogP contribution in [0.25, 0.3) is 0 Å². The Bertz CT molecular complexity index is 400. The maximum absolute atomic E-state index is 11.9. The van der Waals surface area contributed by atoms with Gasteiger partial charge < -0.3 is 15.6 Å². The SMILES string of the molecule is NC(Cc1ccc(OCCF)c(I)c1)C(=O)O. The van der Waals surface area contributed by atoms with Crippen LogP contribution in [0.3, 0.4) is 0 Å². The molecular weight excluding hydrogens is 340 g/mol. The van der Waals surface area contributed by atoms with E-state index in [1.54, 1.807) is 18.2 Å². The topological polar surface area (TPSA) is 72.5 Å². The highest BCUT2D eigenvalue weighted by molar-refractivity contribution is 14.1. The van der Waals surface area contributed by atoms with Crippen LogP contribution in [0.1, 0.15) is 5.56 Å². The quantitative estimate of drug-likeness (QED) is 0.762. The second kappa shape index (κ2) is 6.75. The Hall–Kier alpha value is -0.890. The molecule has 1 unspecified atom stereocenters. The smallest absolute Gasteiger partial charge is 0.320 e. The van der Waals surface area contributed by atoms with Gasteiger partial charge in [-0.2, -0.15) is 0 Å². The van der Waals surface area contributed by atoms with Crippen molar-refractivity contribution in [2.24, 2.45) is 5.73 Å². The number of carbonyl (C=O) groups is 1.